The van der Waals surface area contributed by atoms with Gasteiger partial charge in [-0.3, -0.25) is 0 Å². The SMILES string of the molecule is CC(C)O[Si](C)(C)O[Si](C)(C)O[Si](C)(C)O[Si](C)(C)OC(C)C. The lowest BCUT2D eigenvalue weighted by Gasteiger charge is -2.40. The molecule has 0 unspecified atom stereocenters. The maximum atomic E-state index is 6.40. The van der Waals surface area contributed by atoms with Crippen molar-refractivity contribution < 1.29 is 21.2 Å². The highest BCUT2D eigenvalue weighted by Crippen LogP contribution is 2.25. The summed E-state index contributed by atoms with van der Waals surface area (Å²) in [5.41, 5.74) is 0. The summed E-state index contributed by atoms with van der Waals surface area (Å²) in [6.45, 7) is 24.7. The first-order valence-corrected chi connectivity index (χ1v) is 19.7. The van der Waals surface area contributed by atoms with E-state index in [1.165, 1.54) is 0 Å². The molecule has 0 aromatic heterocycles. The van der Waals surface area contributed by atoms with Gasteiger partial charge in [-0.25, -0.2) is 0 Å². The molecule has 0 spiro atoms. The van der Waals surface area contributed by atoms with Crippen LogP contribution in [-0.4, -0.2) is 46.5 Å². The van der Waals surface area contributed by atoms with E-state index in [9.17, 15) is 0 Å². The van der Waals surface area contributed by atoms with Crippen molar-refractivity contribution in [2.75, 3.05) is 0 Å². The van der Waals surface area contributed by atoms with Gasteiger partial charge in [0.2, 0.25) is 0 Å². The standard InChI is InChI=1S/C14H38O5Si4/c1-13(2)15-20(5,6)17-22(9,10)19-23(11,12)18-21(7,8)16-14(3)4/h13-14H,1-12H3. The van der Waals surface area contributed by atoms with Gasteiger partial charge in [0.05, 0.1) is 0 Å². The van der Waals surface area contributed by atoms with Crippen LogP contribution in [0.25, 0.3) is 0 Å². The van der Waals surface area contributed by atoms with Crippen molar-refractivity contribution in [2.24, 2.45) is 0 Å². The van der Waals surface area contributed by atoms with Gasteiger partial charge in [0, 0.05) is 12.2 Å². The van der Waals surface area contributed by atoms with Crippen LogP contribution in [0.4, 0.5) is 0 Å². The van der Waals surface area contributed by atoms with Crippen LogP contribution < -0.4 is 0 Å². The summed E-state index contributed by atoms with van der Waals surface area (Å²) in [4.78, 5) is 0. The fourth-order valence-corrected chi connectivity index (χ4v) is 20.9. The molecule has 0 aliphatic rings. The van der Waals surface area contributed by atoms with Gasteiger partial charge in [0.15, 0.2) is 0 Å². The maximum Gasteiger partial charge on any atom is 0.323 e. The Labute approximate surface area is 148 Å². The Bertz CT molecular complexity index is 336. The van der Waals surface area contributed by atoms with Gasteiger partial charge in [-0.05, 0) is 80.1 Å². The van der Waals surface area contributed by atoms with Crippen LogP contribution in [0.3, 0.4) is 0 Å². The second-order valence-corrected chi connectivity index (χ2v) is 22.4. The van der Waals surface area contributed by atoms with Gasteiger partial charge in [-0.15, -0.1) is 0 Å². The monoisotopic (exact) mass is 398 g/mol. The quantitative estimate of drug-likeness (QED) is 0.499. The van der Waals surface area contributed by atoms with Crippen LogP contribution in [0, 0.1) is 0 Å². The lowest BCUT2D eigenvalue weighted by Crippen LogP contribution is -2.58. The van der Waals surface area contributed by atoms with Crippen LogP contribution in [-0.2, 0) is 21.2 Å². The molecule has 0 atom stereocenters. The largest absolute Gasteiger partial charge is 0.416 e. The Morgan fingerprint density at radius 1 is 0.435 bits per heavy atom. The summed E-state index contributed by atoms with van der Waals surface area (Å²) in [7, 11) is -9.09. The molecule has 0 fully saturated rings. The predicted octanol–water partition coefficient (Wildman–Crippen LogP) is 4.69. The molecule has 0 radical (unpaired) electrons. The second kappa shape index (κ2) is 8.37. The van der Waals surface area contributed by atoms with Gasteiger partial charge in [0.1, 0.15) is 0 Å². The fourth-order valence-electron chi connectivity index (χ4n) is 3.00. The smallest absolute Gasteiger partial charge is 0.323 e. The van der Waals surface area contributed by atoms with Gasteiger partial charge < -0.3 is 21.2 Å². The van der Waals surface area contributed by atoms with Crippen LogP contribution >= 0.6 is 0 Å². The average Bonchev–Trinajstić information content (AvgIpc) is 2.02. The van der Waals surface area contributed by atoms with E-state index in [4.69, 9.17) is 21.2 Å². The third-order valence-corrected chi connectivity index (χ3v) is 16.4. The Morgan fingerprint density at radius 2 is 0.652 bits per heavy atom. The Kier molecular flexibility index (Phi) is 8.61. The first-order valence-electron chi connectivity index (χ1n) is 8.41. The molecule has 0 amide bonds. The summed E-state index contributed by atoms with van der Waals surface area (Å²) >= 11 is 0. The molecule has 5 nitrogen and oxygen atoms in total. The topological polar surface area (TPSA) is 46.2 Å². The zero-order valence-corrected chi connectivity index (χ0v) is 21.2. The van der Waals surface area contributed by atoms with E-state index in [0.29, 0.717) is 0 Å². The highest BCUT2D eigenvalue weighted by atomic mass is 28.5. The van der Waals surface area contributed by atoms with Gasteiger partial charge >= 0.3 is 34.2 Å². The van der Waals surface area contributed by atoms with E-state index in [2.05, 4.69) is 52.4 Å². The Morgan fingerprint density at radius 3 is 0.870 bits per heavy atom. The first-order chi connectivity index (χ1) is 9.95. The lowest BCUT2D eigenvalue weighted by molar-refractivity contribution is 0.166. The molecule has 0 saturated carbocycles. The summed E-state index contributed by atoms with van der Waals surface area (Å²) < 4.78 is 31.0. The molecular formula is C14H38O5Si4. The summed E-state index contributed by atoms with van der Waals surface area (Å²) in [6.07, 6.45) is 0.322. The highest BCUT2D eigenvalue weighted by Gasteiger charge is 2.45. The van der Waals surface area contributed by atoms with Crippen molar-refractivity contribution >= 4 is 34.2 Å². The number of hydrogen-bond donors (Lipinski definition) is 0. The second-order valence-electron chi connectivity index (χ2n) is 8.24. The normalized spacial score (nSPS) is 14.9. The van der Waals surface area contributed by atoms with E-state index in [1.807, 2.05) is 27.7 Å². The van der Waals surface area contributed by atoms with E-state index in [0.717, 1.165) is 0 Å². The molecule has 0 N–H and O–H groups in total. The number of hydrogen-bond acceptors (Lipinski definition) is 5. The minimum absolute atomic E-state index is 0.161. The summed E-state index contributed by atoms with van der Waals surface area (Å²) in [6, 6.07) is 0. The van der Waals surface area contributed by atoms with E-state index < -0.39 is 34.2 Å². The minimum atomic E-state index is -2.34. The fraction of sp³-hybridized carbons (Fsp3) is 1.00. The molecule has 23 heavy (non-hydrogen) atoms. The maximum absolute atomic E-state index is 6.40. The van der Waals surface area contributed by atoms with E-state index in [-0.39, 0.29) is 12.2 Å². The van der Waals surface area contributed by atoms with Crippen molar-refractivity contribution in [3.05, 3.63) is 0 Å². The van der Waals surface area contributed by atoms with Crippen molar-refractivity contribution in [3.8, 4) is 0 Å². The zero-order valence-electron chi connectivity index (χ0n) is 17.2. The molecule has 0 aromatic carbocycles. The van der Waals surface area contributed by atoms with Crippen molar-refractivity contribution in [2.45, 2.75) is 92.3 Å². The first kappa shape index (κ1) is 23.7. The third kappa shape index (κ3) is 11.8. The predicted molar refractivity (Wildman–Crippen MR) is 106 cm³/mol. The highest BCUT2D eigenvalue weighted by molar-refractivity contribution is 6.87. The molecule has 0 rings (SSSR count). The van der Waals surface area contributed by atoms with Crippen LogP contribution in [0.15, 0.2) is 0 Å². The molecule has 0 bridgehead atoms. The van der Waals surface area contributed by atoms with Gasteiger partial charge in [-0.2, -0.15) is 0 Å². The molecule has 0 aromatic rings. The van der Waals surface area contributed by atoms with Crippen LogP contribution in [0.1, 0.15) is 27.7 Å². The van der Waals surface area contributed by atoms with Crippen molar-refractivity contribution in [1.29, 1.82) is 0 Å². The van der Waals surface area contributed by atoms with Gasteiger partial charge in [-0.1, -0.05) is 0 Å². The molecule has 140 valence electrons. The summed E-state index contributed by atoms with van der Waals surface area (Å²) in [5.74, 6) is 0. The molecule has 9 heteroatoms. The van der Waals surface area contributed by atoms with Crippen LogP contribution in [0.5, 0.6) is 0 Å². The molecule has 0 saturated heterocycles. The van der Waals surface area contributed by atoms with Gasteiger partial charge in [0.25, 0.3) is 0 Å². The third-order valence-electron chi connectivity index (χ3n) is 2.51. The minimum Gasteiger partial charge on any atom is -0.416 e. The summed E-state index contributed by atoms with van der Waals surface area (Å²) in [5, 5.41) is 0. The lowest BCUT2D eigenvalue weighted by atomic mass is 10.5. The molecule has 0 heterocycles. The average molecular weight is 399 g/mol. The molecule has 0 aliphatic carbocycles. The van der Waals surface area contributed by atoms with Crippen molar-refractivity contribution in [1.82, 2.24) is 0 Å². The Hall–Kier alpha value is 0.668. The Balaban J connectivity index is 4.85. The van der Waals surface area contributed by atoms with Crippen molar-refractivity contribution in [3.63, 3.8) is 0 Å². The van der Waals surface area contributed by atoms with E-state index >= 15 is 0 Å². The van der Waals surface area contributed by atoms with E-state index in [1.54, 1.807) is 0 Å². The molecular weight excluding hydrogens is 360 g/mol. The van der Waals surface area contributed by atoms with Crippen LogP contribution in [0.2, 0.25) is 52.4 Å². The zero-order chi connectivity index (χ0) is 18.7. The molecule has 0 aliphatic heterocycles. The number of rotatable bonds is 10.